The first-order valence-corrected chi connectivity index (χ1v) is 19.2. The van der Waals surface area contributed by atoms with Crippen LogP contribution >= 0.6 is 0 Å². The summed E-state index contributed by atoms with van der Waals surface area (Å²) in [6.45, 7) is 0. The van der Waals surface area contributed by atoms with Gasteiger partial charge in [-0.1, -0.05) is 164 Å². The summed E-state index contributed by atoms with van der Waals surface area (Å²) in [6.07, 6.45) is 0. The third kappa shape index (κ3) is 4.93. The molecular weight excluding hydrogens is 707 g/mol. The van der Waals surface area contributed by atoms with E-state index in [0.717, 1.165) is 77.1 Å². The van der Waals surface area contributed by atoms with E-state index >= 15 is 0 Å². The monoisotopic (exact) mass is 744 g/mol. The Hall–Kier alpha value is -7.89. The molecule has 0 bridgehead atoms. The maximum absolute atomic E-state index is 8.80. The van der Waals surface area contributed by atoms with Crippen LogP contribution in [0.1, 0.15) is 6.85 Å². The molecule has 2 aromatic heterocycles. The highest BCUT2D eigenvalue weighted by atomic mass is 15.3. The lowest BCUT2D eigenvalue weighted by atomic mass is 9.89. The second-order valence-electron chi connectivity index (χ2n) is 14.5. The van der Waals surface area contributed by atoms with Crippen molar-refractivity contribution in [3.8, 4) is 50.7 Å². The lowest BCUT2D eigenvalue weighted by Gasteiger charge is -2.33. The van der Waals surface area contributed by atoms with Crippen LogP contribution in [0.3, 0.4) is 0 Å². The number of nitrogens with zero attached hydrogens (tertiary/aromatic N) is 5. The molecule has 11 aromatic rings. The van der Waals surface area contributed by atoms with Crippen LogP contribution in [0, 0.1) is 0 Å². The molecule has 5 heteroatoms. The third-order valence-electron chi connectivity index (χ3n) is 11.2. The number of benzene rings is 9. The molecular formula is C53H33N5. The maximum Gasteiger partial charge on any atom is 0.238 e. The fraction of sp³-hybridized carbons (Fsp3) is 0. The van der Waals surface area contributed by atoms with Crippen LogP contribution in [-0.2, 0) is 0 Å². The summed E-state index contributed by atoms with van der Waals surface area (Å²) in [5.74, 6) is 1.23. The minimum atomic E-state index is -0.439. The van der Waals surface area contributed by atoms with Crippen LogP contribution in [0.15, 0.2) is 200 Å². The average molecular weight is 745 g/mol. The van der Waals surface area contributed by atoms with Gasteiger partial charge in [0.15, 0.2) is 11.6 Å². The molecule has 0 atom stereocenters. The molecule has 0 saturated carbocycles. The van der Waals surface area contributed by atoms with E-state index in [1.165, 1.54) is 0 Å². The van der Waals surface area contributed by atoms with E-state index in [2.05, 4.69) is 125 Å². The fourth-order valence-electron chi connectivity index (χ4n) is 8.76. The molecule has 0 spiro atoms. The predicted molar refractivity (Wildman–Crippen MR) is 239 cm³/mol. The summed E-state index contributed by atoms with van der Waals surface area (Å²) in [6, 6.07) is 55.8. The van der Waals surface area contributed by atoms with Gasteiger partial charge in [-0.25, -0.2) is 4.98 Å². The van der Waals surface area contributed by atoms with E-state index in [0.29, 0.717) is 28.7 Å². The van der Waals surface area contributed by atoms with Gasteiger partial charge in [-0.3, -0.25) is 4.90 Å². The number of hydrogen-bond acceptors (Lipinski definition) is 4. The van der Waals surface area contributed by atoms with Crippen molar-refractivity contribution >= 4 is 60.7 Å². The van der Waals surface area contributed by atoms with Crippen LogP contribution < -0.4 is 4.90 Å². The number of hydrogen-bond donors (Lipinski definition) is 0. The zero-order valence-corrected chi connectivity index (χ0v) is 30.9. The van der Waals surface area contributed by atoms with Gasteiger partial charge in [0.25, 0.3) is 0 Å². The highest BCUT2D eigenvalue weighted by molar-refractivity contribution is 6.19. The predicted octanol–water partition coefficient (Wildman–Crippen LogP) is 13.7. The zero-order chi connectivity index (χ0) is 42.5. The van der Waals surface area contributed by atoms with Gasteiger partial charge in [0, 0.05) is 43.9 Å². The number of anilines is 3. The molecule has 0 radical (unpaired) electrons. The molecule has 58 heavy (non-hydrogen) atoms. The van der Waals surface area contributed by atoms with Crippen molar-refractivity contribution in [3.63, 3.8) is 0 Å². The Morgan fingerprint density at radius 1 is 0.431 bits per heavy atom. The molecule has 0 unspecified atom stereocenters. The van der Waals surface area contributed by atoms with E-state index in [9.17, 15) is 0 Å². The Morgan fingerprint density at radius 2 is 1.12 bits per heavy atom. The van der Waals surface area contributed by atoms with Gasteiger partial charge < -0.3 is 4.57 Å². The molecule has 12 rings (SSSR count). The van der Waals surface area contributed by atoms with Crippen LogP contribution in [0.5, 0.6) is 0 Å². The highest BCUT2D eigenvalue weighted by Crippen LogP contribution is 2.53. The average Bonchev–Trinajstić information content (AvgIpc) is 3.68. The minimum absolute atomic E-state index is 0.107. The highest BCUT2D eigenvalue weighted by Gasteiger charge is 2.31. The second-order valence-corrected chi connectivity index (χ2v) is 14.5. The van der Waals surface area contributed by atoms with Gasteiger partial charge in [0.1, 0.15) is 0 Å². The molecule has 0 fully saturated rings. The Balaban J connectivity index is 1.18. The Bertz CT molecular complexity index is 3680. The van der Waals surface area contributed by atoms with E-state index in [1.807, 2.05) is 42.5 Å². The first kappa shape index (κ1) is 27.7. The number of aromatic nitrogens is 4. The smallest absolute Gasteiger partial charge is 0.238 e. The maximum atomic E-state index is 8.80. The number of fused-ring (bicyclic) bond motifs is 7. The van der Waals surface area contributed by atoms with Gasteiger partial charge in [-0.15, -0.1) is 0 Å². The van der Waals surface area contributed by atoms with Crippen molar-refractivity contribution in [1.29, 1.82) is 0 Å². The Morgan fingerprint density at radius 3 is 2.02 bits per heavy atom. The van der Waals surface area contributed by atoms with Crippen molar-refractivity contribution in [2.45, 2.75) is 0 Å². The molecule has 1 aliphatic rings. The lowest BCUT2D eigenvalue weighted by Crippen LogP contribution is -2.19. The normalized spacial score (nSPS) is 13.3. The lowest BCUT2D eigenvalue weighted by molar-refractivity contribution is 1.03. The number of rotatable bonds is 5. The Labute approximate surface area is 341 Å². The van der Waals surface area contributed by atoms with E-state index in [-0.39, 0.29) is 17.6 Å². The summed E-state index contributed by atoms with van der Waals surface area (Å²) in [4.78, 5) is 18.3. The molecule has 0 amide bonds. The van der Waals surface area contributed by atoms with Crippen LogP contribution in [0.25, 0.3) is 94.1 Å². The third-order valence-corrected chi connectivity index (χ3v) is 11.2. The largest absolute Gasteiger partial charge is 0.309 e. The zero-order valence-electron chi connectivity index (χ0n) is 35.9. The summed E-state index contributed by atoms with van der Waals surface area (Å²) in [5, 5.41) is 6.33. The standard InChI is InChI=1S/C53H33N5/c1-3-15-34(16-4-1)37-20-11-21-38(33-37)51-54-52(44-27-14-30-47-49(44)43-25-9-10-28-45(43)57(47)39-22-5-2-6-23-39)56-53(55-51)58-46-29-13-19-36-18-12-26-41(48(36)46)42-32-31-35-17-7-8-24-40(35)50(42)58/h1-33H/i1D,3D,4D,15D,16D. The molecule has 5 nitrogen and oxygen atoms in total. The van der Waals surface area contributed by atoms with Crippen molar-refractivity contribution in [1.82, 2.24) is 19.5 Å². The van der Waals surface area contributed by atoms with Gasteiger partial charge >= 0.3 is 0 Å². The first-order chi connectivity index (χ1) is 30.9. The summed E-state index contributed by atoms with van der Waals surface area (Å²) >= 11 is 0. The molecule has 0 N–H and O–H groups in total. The summed E-state index contributed by atoms with van der Waals surface area (Å²) < 4.78 is 44.9. The van der Waals surface area contributed by atoms with Crippen LogP contribution in [-0.4, -0.2) is 19.5 Å². The van der Waals surface area contributed by atoms with Gasteiger partial charge in [0.2, 0.25) is 5.95 Å². The van der Waals surface area contributed by atoms with Crippen LogP contribution in [0.4, 0.5) is 17.3 Å². The van der Waals surface area contributed by atoms with Gasteiger partial charge in [0.05, 0.1) is 29.3 Å². The second kappa shape index (κ2) is 12.8. The van der Waals surface area contributed by atoms with E-state index in [1.54, 1.807) is 12.1 Å². The van der Waals surface area contributed by atoms with E-state index in [4.69, 9.17) is 21.8 Å². The molecule has 270 valence electrons. The minimum Gasteiger partial charge on any atom is -0.309 e. The molecule has 0 saturated heterocycles. The van der Waals surface area contributed by atoms with Gasteiger partial charge in [-0.2, -0.15) is 9.97 Å². The number of para-hydroxylation sites is 2. The first-order valence-electron chi connectivity index (χ1n) is 21.7. The van der Waals surface area contributed by atoms with Crippen molar-refractivity contribution in [2.75, 3.05) is 4.90 Å². The SMILES string of the molecule is [2H]c1c([2H])c([2H])c(-c2cccc(-c3nc(-c4cccc5c4c4ccccc4n5-c4ccccc4)nc(N4c5c(ccc6ccccc56)-c5cccc6cccc4c56)n3)c2)c([2H])c1[2H]. The van der Waals surface area contributed by atoms with Crippen molar-refractivity contribution in [2.24, 2.45) is 0 Å². The Kier molecular flexibility index (Phi) is 6.12. The molecule has 9 aromatic carbocycles. The van der Waals surface area contributed by atoms with Gasteiger partial charge in [-0.05, 0) is 63.9 Å². The summed E-state index contributed by atoms with van der Waals surface area (Å²) in [7, 11) is 0. The topological polar surface area (TPSA) is 46.8 Å². The molecule has 0 aliphatic carbocycles. The molecule has 1 aliphatic heterocycles. The molecule has 3 heterocycles. The van der Waals surface area contributed by atoms with E-state index < -0.39 is 18.1 Å². The summed E-state index contributed by atoms with van der Waals surface area (Å²) in [5.41, 5.74) is 9.12. The van der Waals surface area contributed by atoms with Crippen LogP contribution in [0.2, 0.25) is 0 Å². The van der Waals surface area contributed by atoms with Crippen molar-refractivity contribution in [3.05, 3.63) is 200 Å². The fourth-order valence-corrected chi connectivity index (χ4v) is 8.76. The quantitative estimate of drug-likeness (QED) is 0.176. The van der Waals surface area contributed by atoms with Crippen molar-refractivity contribution < 1.29 is 6.85 Å².